The molecule has 1 aromatic rings. The summed E-state index contributed by atoms with van der Waals surface area (Å²) in [4.78, 5) is 4.22. The molecule has 1 heterocycles. The van der Waals surface area contributed by atoms with Crippen LogP contribution in [0.2, 0.25) is 0 Å². The quantitative estimate of drug-likeness (QED) is 0.823. The number of hydrogen-bond acceptors (Lipinski definition) is 3. The van der Waals surface area contributed by atoms with Gasteiger partial charge in [-0.15, -0.1) is 11.3 Å². The molecule has 2 N–H and O–H groups in total. The normalized spacial score (nSPS) is 34.5. The van der Waals surface area contributed by atoms with Crippen molar-refractivity contribution >= 4 is 11.3 Å². The molecule has 0 aliphatic heterocycles. The lowest BCUT2D eigenvalue weighted by atomic mass is 10.2. The molecule has 2 saturated carbocycles. The molecule has 76 valence electrons. The molecule has 0 bridgehead atoms. The first-order valence-electron chi connectivity index (χ1n) is 4.65. The van der Waals surface area contributed by atoms with Crippen molar-refractivity contribution in [2.75, 3.05) is 0 Å². The van der Waals surface area contributed by atoms with Crippen molar-refractivity contribution in [1.82, 2.24) is 4.98 Å². The highest BCUT2D eigenvalue weighted by Crippen LogP contribution is 2.58. The van der Waals surface area contributed by atoms with Crippen LogP contribution in [0.4, 0.5) is 8.78 Å². The van der Waals surface area contributed by atoms with Gasteiger partial charge in [0.1, 0.15) is 5.54 Å². The van der Waals surface area contributed by atoms with E-state index in [0.29, 0.717) is 11.6 Å². The second kappa shape index (κ2) is 2.33. The van der Waals surface area contributed by atoms with Gasteiger partial charge in [0.15, 0.2) is 0 Å². The second-order valence-electron chi connectivity index (χ2n) is 4.20. The molecule has 2 aliphatic rings. The van der Waals surface area contributed by atoms with Gasteiger partial charge < -0.3 is 5.73 Å². The summed E-state index contributed by atoms with van der Waals surface area (Å²) in [6, 6.07) is 0. The van der Waals surface area contributed by atoms with Gasteiger partial charge >= 0.3 is 0 Å². The summed E-state index contributed by atoms with van der Waals surface area (Å²) in [7, 11) is 0. The summed E-state index contributed by atoms with van der Waals surface area (Å²) in [5.74, 6) is -2.23. The Labute approximate surface area is 84.1 Å². The zero-order valence-electron chi connectivity index (χ0n) is 7.46. The average Bonchev–Trinajstić information content (AvgIpc) is 2.94. The summed E-state index contributed by atoms with van der Waals surface area (Å²) >= 11 is 1.46. The number of alkyl halides is 2. The number of rotatable bonds is 2. The van der Waals surface area contributed by atoms with Gasteiger partial charge in [-0.05, 0) is 12.8 Å². The standard InChI is InChI=1S/C9H10F2N2S/c10-9(11)4-8(9,12)6-3-14-7(13-6)5-1-2-5/h3,5H,1-2,4,12H2. The van der Waals surface area contributed by atoms with Crippen LogP contribution in [0.5, 0.6) is 0 Å². The van der Waals surface area contributed by atoms with E-state index in [1.54, 1.807) is 5.38 Å². The van der Waals surface area contributed by atoms with Crippen LogP contribution in [0.15, 0.2) is 5.38 Å². The molecule has 0 saturated heterocycles. The van der Waals surface area contributed by atoms with Crippen LogP contribution in [-0.4, -0.2) is 10.9 Å². The highest BCUT2D eigenvalue weighted by Gasteiger charge is 2.71. The van der Waals surface area contributed by atoms with Gasteiger partial charge in [0, 0.05) is 17.7 Å². The Hall–Kier alpha value is -0.550. The van der Waals surface area contributed by atoms with E-state index in [1.807, 2.05) is 0 Å². The number of aromatic nitrogens is 1. The van der Waals surface area contributed by atoms with Crippen LogP contribution in [0.1, 0.15) is 35.9 Å². The molecule has 0 amide bonds. The van der Waals surface area contributed by atoms with E-state index >= 15 is 0 Å². The lowest BCUT2D eigenvalue weighted by Gasteiger charge is -2.05. The largest absolute Gasteiger partial charge is 0.315 e. The van der Waals surface area contributed by atoms with Crippen molar-refractivity contribution in [1.29, 1.82) is 0 Å². The van der Waals surface area contributed by atoms with Gasteiger partial charge in [0.2, 0.25) is 0 Å². The van der Waals surface area contributed by atoms with Gasteiger partial charge in [0.05, 0.1) is 10.7 Å². The maximum absolute atomic E-state index is 12.9. The fourth-order valence-electron chi connectivity index (χ4n) is 1.59. The van der Waals surface area contributed by atoms with Crippen LogP contribution in [0, 0.1) is 0 Å². The fourth-order valence-corrected chi connectivity index (χ4v) is 2.67. The summed E-state index contributed by atoms with van der Waals surface area (Å²) < 4.78 is 25.9. The maximum atomic E-state index is 12.9. The van der Waals surface area contributed by atoms with Crippen molar-refractivity contribution in [2.45, 2.75) is 36.6 Å². The first-order valence-corrected chi connectivity index (χ1v) is 5.53. The Morgan fingerprint density at radius 2 is 2.14 bits per heavy atom. The Morgan fingerprint density at radius 3 is 2.64 bits per heavy atom. The number of nitrogens with zero attached hydrogens (tertiary/aromatic N) is 1. The van der Waals surface area contributed by atoms with Crippen LogP contribution in [-0.2, 0) is 5.54 Å². The Morgan fingerprint density at radius 1 is 1.50 bits per heavy atom. The minimum absolute atomic E-state index is 0.256. The molecule has 1 unspecified atom stereocenters. The molecule has 2 nitrogen and oxygen atoms in total. The number of hydrogen-bond donors (Lipinski definition) is 1. The monoisotopic (exact) mass is 216 g/mol. The maximum Gasteiger partial charge on any atom is 0.273 e. The SMILES string of the molecule is NC1(c2csc(C3CC3)n2)CC1(F)F. The molecule has 0 aromatic carbocycles. The molecular weight excluding hydrogens is 206 g/mol. The van der Waals surface area contributed by atoms with Crippen LogP contribution >= 0.6 is 11.3 Å². The van der Waals surface area contributed by atoms with E-state index in [9.17, 15) is 8.78 Å². The number of thiazole rings is 1. The molecular formula is C9H10F2N2S. The van der Waals surface area contributed by atoms with E-state index in [-0.39, 0.29) is 6.42 Å². The van der Waals surface area contributed by atoms with Gasteiger partial charge in [0.25, 0.3) is 5.92 Å². The molecule has 2 fully saturated rings. The third-order valence-corrected chi connectivity index (χ3v) is 3.94. The van der Waals surface area contributed by atoms with Crippen LogP contribution in [0.25, 0.3) is 0 Å². The van der Waals surface area contributed by atoms with E-state index in [4.69, 9.17) is 5.73 Å². The van der Waals surface area contributed by atoms with Crippen molar-refractivity contribution in [2.24, 2.45) is 5.73 Å². The first-order chi connectivity index (χ1) is 6.53. The van der Waals surface area contributed by atoms with Crippen molar-refractivity contribution < 1.29 is 8.78 Å². The zero-order valence-corrected chi connectivity index (χ0v) is 8.28. The third-order valence-electron chi connectivity index (χ3n) is 2.93. The lowest BCUT2D eigenvalue weighted by molar-refractivity contribution is 0.0882. The Kier molecular flexibility index (Phi) is 1.46. The summed E-state index contributed by atoms with van der Waals surface area (Å²) in [6.45, 7) is 0. The van der Waals surface area contributed by atoms with E-state index in [2.05, 4.69) is 4.98 Å². The predicted octanol–water partition coefficient (Wildman–Crippen LogP) is 2.21. The minimum Gasteiger partial charge on any atom is -0.315 e. The van der Waals surface area contributed by atoms with Gasteiger partial charge in [-0.3, -0.25) is 0 Å². The molecule has 0 radical (unpaired) electrons. The molecule has 5 heteroatoms. The second-order valence-corrected chi connectivity index (χ2v) is 5.09. The van der Waals surface area contributed by atoms with Crippen LogP contribution in [0.3, 0.4) is 0 Å². The molecule has 2 aliphatic carbocycles. The topological polar surface area (TPSA) is 38.9 Å². The van der Waals surface area contributed by atoms with Crippen molar-refractivity contribution in [3.63, 3.8) is 0 Å². The van der Waals surface area contributed by atoms with Crippen molar-refractivity contribution in [3.8, 4) is 0 Å². The van der Waals surface area contributed by atoms with E-state index < -0.39 is 11.5 Å². The number of halogens is 2. The van der Waals surface area contributed by atoms with E-state index in [0.717, 1.165) is 17.8 Å². The Bertz CT molecular complexity index is 386. The predicted molar refractivity (Wildman–Crippen MR) is 49.5 cm³/mol. The number of nitrogens with two attached hydrogens (primary N) is 1. The Balaban J connectivity index is 1.90. The molecule has 1 atom stereocenters. The highest BCUT2D eigenvalue weighted by molar-refractivity contribution is 7.09. The molecule has 14 heavy (non-hydrogen) atoms. The van der Waals surface area contributed by atoms with E-state index in [1.165, 1.54) is 11.3 Å². The summed E-state index contributed by atoms with van der Waals surface area (Å²) in [5, 5.41) is 2.67. The third kappa shape index (κ3) is 1.05. The lowest BCUT2D eigenvalue weighted by Crippen LogP contribution is -2.27. The molecule has 3 rings (SSSR count). The fraction of sp³-hybridized carbons (Fsp3) is 0.667. The van der Waals surface area contributed by atoms with Gasteiger partial charge in [-0.1, -0.05) is 0 Å². The molecule has 0 spiro atoms. The van der Waals surface area contributed by atoms with Crippen LogP contribution < -0.4 is 5.73 Å². The highest BCUT2D eigenvalue weighted by atomic mass is 32.1. The van der Waals surface area contributed by atoms with Gasteiger partial charge in [-0.2, -0.15) is 0 Å². The summed E-state index contributed by atoms with van der Waals surface area (Å²) in [5.41, 5.74) is 4.50. The minimum atomic E-state index is -2.75. The summed E-state index contributed by atoms with van der Waals surface area (Å²) in [6.07, 6.45) is 2.02. The zero-order chi connectivity index (χ0) is 9.97. The van der Waals surface area contributed by atoms with Gasteiger partial charge in [-0.25, -0.2) is 13.8 Å². The first kappa shape index (κ1) is 8.73. The average molecular weight is 216 g/mol. The smallest absolute Gasteiger partial charge is 0.273 e. The van der Waals surface area contributed by atoms with Crippen molar-refractivity contribution in [3.05, 3.63) is 16.1 Å². The molecule has 1 aromatic heterocycles.